The Kier molecular flexibility index (Phi) is 5.58. The Morgan fingerprint density at radius 3 is 2.67 bits per heavy atom. The lowest BCUT2D eigenvalue weighted by Crippen LogP contribution is -2.40. The number of nitrogens with zero attached hydrogens (tertiary/aromatic N) is 1. The van der Waals surface area contributed by atoms with Crippen molar-refractivity contribution in [3.8, 4) is 0 Å². The zero-order valence-corrected chi connectivity index (χ0v) is 10.6. The quantitative estimate of drug-likeness (QED) is 0.722. The SMILES string of the molecule is COCCN(CC1CCNC1C)C(C)C. The van der Waals surface area contributed by atoms with Gasteiger partial charge in [0.05, 0.1) is 6.61 Å². The molecule has 1 N–H and O–H groups in total. The van der Waals surface area contributed by atoms with Crippen LogP contribution in [-0.2, 0) is 4.74 Å². The molecule has 1 aliphatic heterocycles. The predicted octanol–water partition coefficient (Wildman–Crippen LogP) is 1.34. The Morgan fingerprint density at radius 2 is 2.20 bits per heavy atom. The monoisotopic (exact) mass is 214 g/mol. The van der Waals surface area contributed by atoms with Gasteiger partial charge in [0.15, 0.2) is 0 Å². The highest BCUT2D eigenvalue weighted by molar-refractivity contribution is 4.83. The molecule has 1 saturated heterocycles. The maximum absolute atomic E-state index is 5.16. The van der Waals surface area contributed by atoms with Crippen molar-refractivity contribution >= 4 is 0 Å². The third-order valence-corrected chi connectivity index (χ3v) is 3.47. The predicted molar refractivity (Wildman–Crippen MR) is 64.2 cm³/mol. The first kappa shape index (κ1) is 12.9. The van der Waals surface area contributed by atoms with E-state index in [1.54, 1.807) is 7.11 Å². The highest BCUT2D eigenvalue weighted by Crippen LogP contribution is 2.17. The second kappa shape index (κ2) is 6.46. The number of hydrogen-bond acceptors (Lipinski definition) is 3. The summed E-state index contributed by atoms with van der Waals surface area (Å²) in [6.07, 6.45) is 1.32. The van der Waals surface area contributed by atoms with Gasteiger partial charge in [-0.15, -0.1) is 0 Å². The third-order valence-electron chi connectivity index (χ3n) is 3.47. The molecule has 0 aliphatic carbocycles. The van der Waals surface area contributed by atoms with Gasteiger partial charge in [-0.1, -0.05) is 0 Å². The second-order valence-electron chi connectivity index (χ2n) is 4.87. The van der Waals surface area contributed by atoms with Crippen molar-refractivity contribution in [1.29, 1.82) is 0 Å². The standard InChI is InChI=1S/C12H26N2O/c1-10(2)14(7-8-15-4)9-12-5-6-13-11(12)3/h10-13H,5-9H2,1-4H3. The summed E-state index contributed by atoms with van der Waals surface area (Å²) < 4.78 is 5.16. The van der Waals surface area contributed by atoms with Crippen LogP contribution >= 0.6 is 0 Å². The highest BCUT2D eigenvalue weighted by Gasteiger charge is 2.25. The van der Waals surface area contributed by atoms with Crippen molar-refractivity contribution in [2.75, 3.05) is 33.4 Å². The Morgan fingerprint density at radius 1 is 1.47 bits per heavy atom. The van der Waals surface area contributed by atoms with Crippen LogP contribution < -0.4 is 5.32 Å². The summed E-state index contributed by atoms with van der Waals surface area (Å²) in [7, 11) is 1.78. The Hall–Kier alpha value is -0.120. The molecule has 1 rings (SSSR count). The molecule has 0 amide bonds. The molecule has 0 radical (unpaired) electrons. The Labute approximate surface area is 94.2 Å². The number of rotatable bonds is 6. The Balaban J connectivity index is 2.35. The summed E-state index contributed by atoms with van der Waals surface area (Å²) >= 11 is 0. The van der Waals surface area contributed by atoms with E-state index in [0.29, 0.717) is 12.1 Å². The van der Waals surface area contributed by atoms with E-state index in [1.165, 1.54) is 19.5 Å². The average molecular weight is 214 g/mol. The lowest BCUT2D eigenvalue weighted by Gasteiger charge is -2.30. The fourth-order valence-electron chi connectivity index (χ4n) is 2.23. The van der Waals surface area contributed by atoms with Crippen molar-refractivity contribution in [3.05, 3.63) is 0 Å². The van der Waals surface area contributed by atoms with Gasteiger partial charge in [-0.05, 0) is 39.7 Å². The molecule has 3 nitrogen and oxygen atoms in total. The van der Waals surface area contributed by atoms with Crippen LogP contribution in [0, 0.1) is 5.92 Å². The molecule has 0 aromatic heterocycles. The largest absolute Gasteiger partial charge is 0.383 e. The third kappa shape index (κ3) is 4.09. The van der Waals surface area contributed by atoms with Crippen LogP contribution in [0.3, 0.4) is 0 Å². The number of methoxy groups -OCH3 is 1. The van der Waals surface area contributed by atoms with E-state index in [4.69, 9.17) is 4.74 Å². The summed E-state index contributed by atoms with van der Waals surface area (Å²) in [5.74, 6) is 0.809. The van der Waals surface area contributed by atoms with E-state index in [9.17, 15) is 0 Å². The number of hydrogen-bond donors (Lipinski definition) is 1. The molecular formula is C12H26N2O. The van der Waals surface area contributed by atoms with E-state index in [2.05, 4.69) is 31.0 Å². The van der Waals surface area contributed by atoms with Gasteiger partial charge in [-0.2, -0.15) is 0 Å². The molecule has 0 spiro atoms. The van der Waals surface area contributed by atoms with Gasteiger partial charge < -0.3 is 10.1 Å². The molecule has 3 heteroatoms. The van der Waals surface area contributed by atoms with Gasteiger partial charge in [0.2, 0.25) is 0 Å². The summed E-state index contributed by atoms with van der Waals surface area (Å²) in [6, 6.07) is 1.29. The summed E-state index contributed by atoms with van der Waals surface area (Å²) in [5.41, 5.74) is 0. The first-order chi connectivity index (χ1) is 7.15. The average Bonchev–Trinajstić information content (AvgIpc) is 2.58. The first-order valence-corrected chi connectivity index (χ1v) is 6.11. The normalized spacial score (nSPS) is 26.8. The summed E-state index contributed by atoms with van der Waals surface area (Å²) in [6.45, 7) is 11.1. The van der Waals surface area contributed by atoms with Crippen LogP contribution in [0.25, 0.3) is 0 Å². The number of ether oxygens (including phenoxy) is 1. The van der Waals surface area contributed by atoms with Gasteiger partial charge in [-0.25, -0.2) is 0 Å². The van der Waals surface area contributed by atoms with Crippen molar-refractivity contribution in [2.45, 2.75) is 39.3 Å². The van der Waals surface area contributed by atoms with Gasteiger partial charge in [0, 0.05) is 32.3 Å². The maximum Gasteiger partial charge on any atom is 0.0589 e. The minimum Gasteiger partial charge on any atom is -0.383 e. The van der Waals surface area contributed by atoms with Crippen LogP contribution in [0.4, 0.5) is 0 Å². The van der Waals surface area contributed by atoms with Crippen molar-refractivity contribution in [2.24, 2.45) is 5.92 Å². The van der Waals surface area contributed by atoms with Crippen LogP contribution in [0.2, 0.25) is 0 Å². The van der Waals surface area contributed by atoms with Crippen molar-refractivity contribution < 1.29 is 4.74 Å². The zero-order chi connectivity index (χ0) is 11.3. The van der Waals surface area contributed by atoms with Gasteiger partial charge in [-0.3, -0.25) is 4.90 Å². The molecular weight excluding hydrogens is 188 g/mol. The first-order valence-electron chi connectivity index (χ1n) is 6.11. The molecule has 15 heavy (non-hydrogen) atoms. The minimum atomic E-state index is 0.618. The smallest absolute Gasteiger partial charge is 0.0589 e. The lowest BCUT2D eigenvalue weighted by molar-refractivity contribution is 0.115. The molecule has 2 atom stereocenters. The van der Waals surface area contributed by atoms with Crippen LogP contribution in [0.5, 0.6) is 0 Å². The zero-order valence-electron chi connectivity index (χ0n) is 10.6. The number of nitrogens with one attached hydrogen (secondary N) is 1. The molecule has 0 saturated carbocycles. The van der Waals surface area contributed by atoms with Crippen molar-refractivity contribution in [1.82, 2.24) is 10.2 Å². The van der Waals surface area contributed by atoms with E-state index >= 15 is 0 Å². The van der Waals surface area contributed by atoms with Gasteiger partial charge in [0.1, 0.15) is 0 Å². The Bertz CT molecular complexity index is 173. The topological polar surface area (TPSA) is 24.5 Å². The molecule has 90 valence electrons. The molecule has 1 aliphatic rings. The molecule has 0 bridgehead atoms. The highest BCUT2D eigenvalue weighted by atomic mass is 16.5. The fraction of sp³-hybridized carbons (Fsp3) is 1.00. The van der Waals surface area contributed by atoms with Crippen LogP contribution in [-0.4, -0.2) is 50.3 Å². The summed E-state index contributed by atoms with van der Waals surface area (Å²) in [4.78, 5) is 2.53. The van der Waals surface area contributed by atoms with E-state index < -0.39 is 0 Å². The van der Waals surface area contributed by atoms with Gasteiger partial charge >= 0.3 is 0 Å². The second-order valence-corrected chi connectivity index (χ2v) is 4.87. The maximum atomic E-state index is 5.16. The van der Waals surface area contributed by atoms with E-state index in [1.807, 2.05) is 0 Å². The molecule has 1 fully saturated rings. The summed E-state index contributed by atoms with van der Waals surface area (Å²) in [5, 5.41) is 3.51. The fourth-order valence-corrected chi connectivity index (χ4v) is 2.23. The molecule has 0 aromatic rings. The molecule has 0 aromatic carbocycles. The van der Waals surface area contributed by atoms with E-state index in [-0.39, 0.29) is 0 Å². The van der Waals surface area contributed by atoms with Crippen molar-refractivity contribution in [3.63, 3.8) is 0 Å². The van der Waals surface area contributed by atoms with E-state index in [0.717, 1.165) is 19.1 Å². The van der Waals surface area contributed by atoms with Crippen LogP contribution in [0.1, 0.15) is 27.2 Å². The van der Waals surface area contributed by atoms with Gasteiger partial charge in [0.25, 0.3) is 0 Å². The molecule has 2 unspecified atom stereocenters. The molecule has 1 heterocycles. The lowest BCUT2D eigenvalue weighted by atomic mass is 10.0. The van der Waals surface area contributed by atoms with Crippen LogP contribution in [0.15, 0.2) is 0 Å². The minimum absolute atomic E-state index is 0.618.